The van der Waals surface area contributed by atoms with E-state index in [4.69, 9.17) is 20.2 Å². The van der Waals surface area contributed by atoms with E-state index in [0.717, 1.165) is 54.2 Å². The first-order valence-corrected chi connectivity index (χ1v) is 7.82. The molecule has 114 valence electrons. The summed E-state index contributed by atoms with van der Waals surface area (Å²) in [7, 11) is 0. The molecule has 3 rings (SSSR count). The number of unbranched alkanes of at least 4 members (excludes halogenated alkanes) is 1. The van der Waals surface area contributed by atoms with E-state index in [1.54, 1.807) is 0 Å². The molecule has 0 spiro atoms. The van der Waals surface area contributed by atoms with Gasteiger partial charge in [0.2, 0.25) is 0 Å². The number of hydrogen-bond acceptors (Lipinski definition) is 4. The molecule has 0 saturated heterocycles. The number of imidazole rings is 1. The number of ether oxygens (including phenoxy) is 2. The van der Waals surface area contributed by atoms with Crippen LogP contribution in [0.25, 0.3) is 11.0 Å². The molecule has 0 saturated carbocycles. The lowest BCUT2D eigenvalue weighted by molar-refractivity contribution is 0.172. The van der Waals surface area contributed by atoms with Gasteiger partial charge in [-0.15, -0.1) is 0 Å². The largest absolute Gasteiger partial charge is 0.486 e. The normalized spacial score (nSPS) is 13.8. The van der Waals surface area contributed by atoms with Crippen LogP contribution in [-0.4, -0.2) is 29.3 Å². The standard InChI is InChI=1S/C16H23N3O2/c1-2-3-5-16-18-12-10-14-15(21-9-8-20-14)11-13(12)19(16)7-4-6-17/h10-11H,2-9,17H2,1H3. The minimum absolute atomic E-state index is 0.606. The molecule has 21 heavy (non-hydrogen) atoms. The highest BCUT2D eigenvalue weighted by molar-refractivity contribution is 5.80. The lowest BCUT2D eigenvalue weighted by Crippen LogP contribution is -2.15. The minimum Gasteiger partial charge on any atom is -0.486 e. The maximum Gasteiger partial charge on any atom is 0.163 e. The molecular formula is C16H23N3O2. The Morgan fingerprint density at radius 1 is 1.19 bits per heavy atom. The maximum atomic E-state index is 5.69. The van der Waals surface area contributed by atoms with Crippen LogP contribution < -0.4 is 15.2 Å². The van der Waals surface area contributed by atoms with Crippen LogP contribution in [-0.2, 0) is 13.0 Å². The van der Waals surface area contributed by atoms with Gasteiger partial charge in [0, 0.05) is 25.1 Å². The topological polar surface area (TPSA) is 62.3 Å². The van der Waals surface area contributed by atoms with E-state index in [1.165, 1.54) is 6.42 Å². The van der Waals surface area contributed by atoms with Crippen molar-refractivity contribution < 1.29 is 9.47 Å². The molecule has 0 radical (unpaired) electrons. The molecule has 0 unspecified atom stereocenters. The van der Waals surface area contributed by atoms with E-state index in [2.05, 4.69) is 17.6 Å². The van der Waals surface area contributed by atoms with Crippen LogP contribution in [0.15, 0.2) is 12.1 Å². The first-order valence-electron chi connectivity index (χ1n) is 7.82. The number of aromatic nitrogens is 2. The quantitative estimate of drug-likeness (QED) is 0.887. The third kappa shape index (κ3) is 2.83. The van der Waals surface area contributed by atoms with Gasteiger partial charge in [0.15, 0.2) is 11.5 Å². The Morgan fingerprint density at radius 2 is 1.95 bits per heavy atom. The van der Waals surface area contributed by atoms with Crippen molar-refractivity contribution in [2.24, 2.45) is 5.73 Å². The Hall–Kier alpha value is -1.75. The Labute approximate surface area is 125 Å². The predicted octanol–water partition coefficient (Wildman–Crippen LogP) is 2.50. The zero-order valence-electron chi connectivity index (χ0n) is 12.6. The predicted molar refractivity (Wildman–Crippen MR) is 83.0 cm³/mol. The van der Waals surface area contributed by atoms with Crippen LogP contribution in [0.4, 0.5) is 0 Å². The Morgan fingerprint density at radius 3 is 2.67 bits per heavy atom. The van der Waals surface area contributed by atoms with Gasteiger partial charge in [-0.2, -0.15) is 0 Å². The monoisotopic (exact) mass is 289 g/mol. The zero-order valence-corrected chi connectivity index (χ0v) is 12.6. The van der Waals surface area contributed by atoms with Crippen molar-refractivity contribution in [3.05, 3.63) is 18.0 Å². The second kappa shape index (κ2) is 6.35. The summed E-state index contributed by atoms with van der Waals surface area (Å²) in [5.41, 5.74) is 7.78. The molecule has 2 N–H and O–H groups in total. The first-order chi connectivity index (χ1) is 10.3. The summed E-state index contributed by atoms with van der Waals surface area (Å²) in [6.07, 6.45) is 4.28. The number of fused-ring (bicyclic) bond motifs is 2. The van der Waals surface area contributed by atoms with Crippen molar-refractivity contribution in [1.82, 2.24) is 9.55 Å². The molecule has 0 amide bonds. The molecule has 5 nitrogen and oxygen atoms in total. The van der Waals surface area contributed by atoms with Gasteiger partial charge in [-0.1, -0.05) is 13.3 Å². The first kappa shape index (κ1) is 14.2. The number of nitrogens with zero attached hydrogens (tertiary/aromatic N) is 2. The lowest BCUT2D eigenvalue weighted by atomic mass is 10.2. The van der Waals surface area contributed by atoms with E-state index < -0.39 is 0 Å². The Bertz CT molecular complexity index is 621. The van der Waals surface area contributed by atoms with Gasteiger partial charge in [0.25, 0.3) is 0 Å². The highest BCUT2D eigenvalue weighted by Gasteiger charge is 2.17. The van der Waals surface area contributed by atoms with Gasteiger partial charge in [0.1, 0.15) is 19.0 Å². The molecule has 2 heterocycles. The summed E-state index contributed by atoms with van der Waals surface area (Å²) in [5.74, 6) is 2.77. The van der Waals surface area contributed by atoms with Crippen LogP contribution in [0, 0.1) is 0 Å². The molecule has 0 bridgehead atoms. The second-order valence-electron chi connectivity index (χ2n) is 5.41. The molecule has 0 fully saturated rings. The van der Waals surface area contributed by atoms with E-state index in [1.807, 2.05) is 6.07 Å². The van der Waals surface area contributed by atoms with Crippen LogP contribution in [0.1, 0.15) is 32.0 Å². The SMILES string of the molecule is CCCCc1nc2cc3c(cc2n1CCCN)OCCO3. The van der Waals surface area contributed by atoms with E-state index in [-0.39, 0.29) is 0 Å². The summed E-state index contributed by atoms with van der Waals surface area (Å²) in [6.45, 7) is 5.02. The molecule has 1 aromatic carbocycles. The maximum absolute atomic E-state index is 5.69. The summed E-state index contributed by atoms with van der Waals surface area (Å²) in [6, 6.07) is 4.06. The molecule has 1 aliphatic rings. The van der Waals surface area contributed by atoms with E-state index in [9.17, 15) is 0 Å². The van der Waals surface area contributed by atoms with Crippen molar-refractivity contribution in [3.8, 4) is 11.5 Å². The second-order valence-corrected chi connectivity index (χ2v) is 5.41. The summed E-state index contributed by atoms with van der Waals surface area (Å²) >= 11 is 0. The van der Waals surface area contributed by atoms with Crippen LogP contribution in [0.2, 0.25) is 0 Å². The number of aryl methyl sites for hydroxylation is 2. The van der Waals surface area contributed by atoms with Gasteiger partial charge in [-0.05, 0) is 19.4 Å². The molecule has 0 aliphatic carbocycles. The fraction of sp³-hybridized carbons (Fsp3) is 0.562. The molecule has 5 heteroatoms. The molecule has 1 aromatic heterocycles. The Balaban J connectivity index is 2.03. The Kier molecular flexibility index (Phi) is 4.29. The molecular weight excluding hydrogens is 266 g/mol. The van der Waals surface area contributed by atoms with Gasteiger partial charge in [-0.3, -0.25) is 0 Å². The van der Waals surface area contributed by atoms with Crippen molar-refractivity contribution >= 4 is 11.0 Å². The molecule has 1 aliphatic heterocycles. The minimum atomic E-state index is 0.606. The van der Waals surface area contributed by atoms with Crippen molar-refractivity contribution in [2.45, 2.75) is 39.2 Å². The highest BCUT2D eigenvalue weighted by atomic mass is 16.6. The lowest BCUT2D eigenvalue weighted by Gasteiger charge is -2.18. The van der Waals surface area contributed by atoms with Crippen LogP contribution >= 0.6 is 0 Å². The zero-order chi connectivity index (χ0) is 14.7. The number of nitrogens with two attached hydrogens (primary N) is 1. The number of hydrogen-bond donors (Lipinski definition) is 1. The summed E-state index contributed by atoms with van der Waals surface area (Å²) < 4.78 is 13.6. The third-order valence-electron chi connectivity index (χ3n) is 3.83. The van der Waals surface area contributed by atoms with Gasteiger partial charge < -0.3 is 19.8 Å². The van der Waals surface area contributed by atoms with E-state index >= 15 is 0 Å². The summed E-state index contributed by atoms with van der Waals surface area (Å²) in [4.78, 5) is 4.80. The summed E-state index contributed by atoms with van der Waals surface area (Å²) in [5, 5.41) is 0. The van der Waals surface area contributed by atoms with Crippen LogP contribution in [0.3, 0.4) is 0 Å². The smallest absolute Gasteiger partial charge is 0.163 e. The third-order valence-corrected chi connectivity index (χ3v) is 3.83. The average molecular weight is 289 g/mol. The number of rotatable bonds is 6. The van der Waals surface area contributed by atoms with Crippen molar-refractivity contribution in [1.29, 1.82) is 0 Å². The molecule has 0 atom stereocenters. The number of benzene rings is 1. The van der Waals surface area contributed by atoms with E-state index in [0.29, 0.717) is 19.8 Å². The van der Waals surface area contributed by atoms with Gasteiger partial charge in [-0.25, -0.2) is 4.98 Å². The highest BCUT2D eigenvalue weighted by Crippen LogP contribution is 2.35. The van der Waals surface area contributed by atoms with Crippen LogP contribution in [0.5, 0.6) is 11.5 Å². The average Bonchev–Trinajstić information content (AvgIpc) is 2.85. The fourth-order valence-corrected chi connectivity index (χ4v) is 2.74. The molecule has 2 aromatic rings. The van der Waals surface area contributed by atoms with Crippen molar-refractivity contribution in [2.75, 3.05) is 19.8 Å². The van der Waals surface area contributed by atoms with Crippen molar-refractivity contribution in [3.63, 3.8) is 0 Å². The van der Waals surface area contributed by atoms with Gasteiger partial charge >= 0.3 is 0 Å². The fourth-order valence-electron chi connectivity index (χ4n) is 2.74. The van der Waals surface area contributed by atoms with Gasteiger partial charge in [0.05, 0.1) is 11.0 Å².